The van der Waals surface area contributed by atoms with E-state index in [1.54, 1.807) is 13.8 Å². The number of hydrogen-bond donors (Lipinski definition) is 1. The SMILES string of the molecule is CCOC(=O)C(NC(C)(C)C)C(=O)OCC. The van der Waals surface area contributed by atoms with Gasteiger partial charge in [-0.3, -0.25) is 5.32 Å². The molecule has 1 N–H and O–H groups in total. The Hall–Kier alpha value is -1.10. The number of carbonyl (C=O) groups excluding carboxylic acids is 2. The first-order valence-corrected chi connectivity index (χ1v) is 5.42. The Morgan fingerprint density at radius 2 is 1.44 bits per heavy atom. The topological polar surface area (TPSA) is 64.6 Å². The molecule has 0 fully saturated rings. The van der Waals surface area contributed by atoms with Crippen LogP contribution in [0.1, 0.15) is 34.6 Å². The van der Waals surface area contributed by atoms with E-state index in [0.717, 1.165) is 0 Å². The first kappa shape index (κ1) is 14.9. The summed E-state index contributed by atoms with van der Waals surface area (Å²) in [5.74, 6) is -1.20. The zero-order valence-electron chi connectivity index (χ0n) is 10.6. The van der Waals surface area contributed by atoms with Gasteiger partial charge in [0.25, 0.3) is 0 Å². The highest BCUT2D eigenvalue weighted by atomic mass is 16.6. The van der Waals surface area contributed by atoms with Crippen LogP contribution in [0.2, 0.25) is 0 Å². The van der Waals surface area contributed by atoms with Crippen LogP contribution in [-0.4, -0.2) is 36.7 Å². The molecule has 0 saturated heterocycles. The molecule has 0 amide bonds. The second-order valence-corrected chi connectivity index (χ2v) is 4.33. The summed E-state index contributed by atoms with van der Waals surface area (Å²) in [5, 5.41) is 2.88. The smallest absolute Gasteiger partial charge is 0.334 e. The molecule has 0 aliphatic carbocycles. The first-order chi connectivity index (χ1) is 7.31. The Kier molecular flexibility index (Phi) is 6.03. The fourth-order valence-electron chi connectivity index (χ4n) is 1.10. The summed E-state index contributed by atoms with van der Waals surface area (Å²) < 4.78 is 9.63. The molecule has 16 heavy (non-hydrogen) atoms. The van der Waals surface area contributed by atoms with Gasteiger partial charge in [0.1, 0.15) is 0 Å². The monoisotopic (exact) mass is 231 g/mol. The van der Waals surface area contributed by atoms with Gasteiger partial charge < -0.3 is 9.47 Å². The lowest BCUT2D eigenvalue weighted by molar-refractivity contribution is -0.158. The van der Waals surface area contributed by atoms with Crippen LogP contribution in [0.25, 0.3) is 0 Å². The van der Waals surface area contributed by atoms with Gasteiger partial charge in [-0.2, -0.15) is 0 Å². The number of carbonyl (C=O) groups is 2. The molecule has 0 aliphatic heterocycles. The van der Waals surface area contributed by atoms with Gasteiger partial charge in [0.15, 0.2) is 0 Å². The molecule has 0 aromatic heterocycles. The second kappa shape index (κ2) is 6.48. The van der Waals surface area contributed by atoms with Gasteiger partial charge in [0, 0.05) is 5.54 Å². The molecular weight excluding hydrogens is 210 g/mol. The summed E-state index contributed by atoms with van der Waals surface area (Å²) in [7, 11) is 0. The van der Waals surface area contributed by atoms with Crippen molar-refractivity contribution in [1.29, 1.82) is 0 Å². The molecule has 0 radical (unpaired) electrons. The molecule has 5 heteroatoms. The zero-order chi connectivity index (χ0) is 12.8. The molecular formula is C11H21NO4. The Balaban J connectivity index is 4.62. The lowest BCUT2D eigenvalue weighted by Crippen LogP contribution is -2.53. The Labute approximate surface area is 96.5 Å². The Bertz CT molecular complexity index is 227. The van der Waals surface area contributed by atoms with Crippen molar-refractivity contribution in [3.8, 4) is 0 Å². The third kappa shape index (κ3) is 5.70. The van der Waals surface area contributed by atoms with E-state index in [9.17, 15) is 9.59 Å². The standard InChI is InChI=1S/C11H21NO4/c1-6-15-9(13)8(10(14)16-7-2)12-11(3,4)5/h8,12H,6-7H2,1-5H3. The third-order valence-corrected chi connectivity index (χ3v) is 1.62. The summed E-state index contributed by atoms with van der Waals surface area (Å²) in [6.07, 6.45) is 0. The predicted octanol–water partition coefficient (Wildman–Crippen LogP) is 0.869. The van der Waals surface area contributed by atoms with Crippen LogP contribution in [0.5, 0.6) is 0 Å². The summed E-state index contributed by atoms with van der Waals surface area (Å²) in [4.78, 5) is 23.1. The van der Waals surface area contributed by atoms with Crippen LogP contribution < -0.4 is 5.32 Å². The minimum atomic E-state index is -1.06. The highest BCUT2D eigenvalue weighted by molar-refractivity contribution is 5.99. The van der Waals surface area contributed by atoms with Crippen LogP contribution in [0, 0.1) is 0 Å². The van der Waals surface area contributed by atoms with Crippen LogP contribution in [0.3, 0.4) is 0 Å². The van der Waals surface area contributed by atoms with Crippen molar-refractivity contribution in [2.45, 2.75) is 46.2 Å². The molecule has 94 valence electrons. The van der Waals surface area contributed by atoms with Crippen molar-refractivity contribution in [2.75, 3.05) is 13.2 Å². The van der Waals surface area contributed by atoms with Crippen molar-refractivity contribution in [3.05, 3.63) is 0 Å². The molecule has 0 saturated carbocycles. The van der Waals surface area contributed by atoms with Gasteiger partial charge in [-0.05, 0) is 34.6 Å². The fourth-order valence-corrected chi connectivity index (χ4v) is 1.10. The van der Waals surface area contributed by atoms with E-state index < -0.39 is 18.0 Å². The van der Waals surface area contributed by atoms with E-state index in [0.29, 0.717) is 0 Å². The second-order valence-electron chi connectivity index (χ2n) is 4.33. The molecule has 0 aromatic carbocycles. The number of rotatable bonds is 5. The maximum atomic E-state index is 11.6. The normalized spacial score (nSPS) is 11.4. The molecule has 5 nitrogen and oxygen atoms in total. The minimum absolute atomic E-state index is 0.237. The molecule has 0 atom stereocenters. The molecule has 0 spiro atoms. The molecule has 0 heterocycles. The van der Waals surface area contributed by atoms with E-state index in [1.165, 1.54) is 0 Å². The van der Waals surface area contributed by atoms with Crippen molar-refractivity contribution in [3.63, 3.8) is 0 Å². The van der Waals surface area contributed by atoms with Crippen molar-refractivity contribution in [2.24, 2.45) is 0 Å². The lowest BCUT2D eigenvalue weighted by Gasteiger charge is -2.25. The third-order valence-electron chi connectivity index (χ3n) is 1.62. The van der Waals surface area contributed by atoms with Crippen molar-refractivity contribution < 1.29 is 19.1 Å². The van der Waals surface area contributed by atoms with E-state index in [-0.39, 0.29) is 18.8 Å². The van der Waals surface area contributed by atoms with E-state index in [4.69, 9.17) is 9.47 Å². The maximum absolute atomic E-state index is 11.6. The average Bonchev–Trinajstić information content (AvgIpc) is 2.13. The van der Waals surface area contributed by atoms with Crippen LogP contribution in [-0.2, 0) is 19.1 Å². The van der Waals surface area contributed by atoms with Gasteiger partial charge >= 0.3 is 11.9 Å². The van der Waals surface area contributed by atoms with Crippen LogP contribution >= 0.6 is 0 Å². The van der Waals surface area contributed by atoms with E-state index in [1.807, 2.05) is 20.8 Å². The zero-order valence-corrected chi connectivity index (χ0v) is 10.6. The van der Waals surface area contributed by atoms with E-state index >= 15 is 0 Å². The Morgan fingerprint density at radius 1 is 1.06 bits per heavy atom. The molecule has 0 rings (SSSR count). The number of ether oxygens (including phenoxy) is 2. The van der Waals surface area contributed by atoms with E-state index in [2.05, 4.69) is 5.32 Å². The average molecular weight is 231 g/mol. The quantitative estimate of drug-likeness (QED) is 0.562. The number of hydrogen-bond acceptors (Lipinski definition) is 5. The summed E-state index contributed by atoms with van der Waals surface area (Å²) in [6.45, 7) is 9.44. The highest BCUT2D eigenvalue weighted by Crippen LogP contribution is 2.04. The molecule has 0 unspecified atom stereocenters. The Morgan fingerprint density at radius 3 is 1.69 bits per heavy atom. The predicted molar refractivity (Wildman–Crippen MR) is 59.9 cm³/mol. The summed E-state index contributed by atoms with van der Waals surface area (Å²) in [6, 6.07) is -1.06. The van der Waals surface area contributed by atoms with Crippen LogP contribution in [0.15, 0.2) is 0 Å². The number of esters is 2. The van der Waals surface area contributed by atoms with Gasteiger partial charge in [-0.1, -0.05) is 0 Å². The van der Waals surface area contributed by atoms with Gasteiger partial charge in [-0.25, -0.2) is 9.59 Å². The van der Waals surface area contributed by atoms with Gasteiger partial charge in [-0.15, -0.1) is 0 Å². The molecule has 0 aliphatic rings. The minimum Gasteiger partial charge on any atom is -0.464 e. The first-order valence-electron chi connectivity index (χ1n) is 5.42. The molecule has 0 aromatic rings. The maximum Gasteiger partial charge on any atom is 0.334 e. The lowest BCUT2D eigenvalue weighted by atomic mass is 10.1. The highest BCUT2D eigenvalue weighted by Gasteiger charge is 2.32. The fraction of sp³-hybridized carbons (Fsp3) is 0.818. The molecule has 0 bridgehead atoms. The summed E-state index contributed by atoms with van der Waals surface area (Å²) >= 11 is 0. The summed E-state index contributed by atoms with van der Waals surface area (Å²) in [5.41, 5.74) is -0.371. The van der Waals surface area contributed by atoms with Gasteiger partial charge in [0.2, 0.25) is 6.04 Å². The van der Waals surface area contributed by atoms with Crippen molar-refractivity contribution in [1.82, 2.24) is 5.32 Å². The largest absolute Gasteiger partial charge is 0.464 e. The number of nitrogens with one attached hydrogen (secondary N) is 1. The van der Waals surface area contributed by atoms with Gasteiger partial charge in [0.05, 0.1) is 13.2 Å². The van der Waals surface area contributed by atoms with Crippen molar-refractivity contribution >= 4 is 11.9 Å². The van der Waals surface area contributed by atoms with Crippen LogP contribution in [0.4, 0.5) is 0 Å².